The maximum Gasteiger partial charge on any atom is 0.358 e. The fourth-order valence-corrected chi connectivity index (χ4v) is 3.17. The number of benzene rings is 1. The summed E-state index contributed by atoms with van der Waals surface area (Å²) in [4.78, 5) is 11.0. The van der Waals surface area contributed by atoms with Crippen molar-refractivity contribution in [1.29, 1.82) is 0 Å². The molecular weight excluding hydrogens is 266 g/mol. The molecule has 0 atom stereocenters. The van der Waals surface area contributed by atoms with Gasteiger partial charge in [0.2, 0.25) is 0 Å². The maximum absolute atomic E-state index is 11.0. The van der Waals surface area contributed by atoms with E-state index >= 15 is 0 Å². The van der Waals surface area contributed by atoms with Crippen LogP contribution in [0.4, 0.5) is 0 Å². The van der Waals surface area contributed by atoms with Crippen molar-refractivity contribution in [2.75, 3.05) is 0 Å². The second kappa shape index (κ2) is 6.12. The molecule has 4 nitrogen and oxygen atoms in total. The third-order valence-electron chi connectivity index (χ3n) is 4.25. The van der Waals surface area contributed by atoms with E-state index in [2.05, 4.69) is 11.2 Å². The van der Waals surface area contributed by atoms with Crippen molar-refractivity contribution >= 4 is 5.97 Å². The third-order valence-corrected chi connectivity index (χ3v) is 4.25. The molecule has 3 rings (SSSR count). The first-order chi connectivity index (χ1) is 10.3. The lowest BCUT2D eigenvalue weighted by Gasteiger charge is -2.17. The van der Waals surface area contributed by atoms with Gasteiger partial charge in [-0.3, -0.25) is 0 Å². The van der Waals surface area contributed by atoms with Crippen molar-refractivity contribution in [2.24, 2.45) is 0 Å². The molecular formula is C17H19NO3. The van der Waals surface area contributed by atoms with Crippen LogP contribution in [-0.4, -0.2) is 16.2 Å². The van der Waals surface area contributed by atoms with E-state index in [1.54, 1.807) is 0 Å². The van der Waals surface area contributed by atoms with Gasteiger partial charge in [0.1, 0.15) is 0 Å². The van der Waals surface area contributed by atoms with E-state index < -0.39 is 5.97 Å². The monoisotopic (exact) mass is 285 g/mol. The Bertz CT molecular complexity index is 624. The predicted octanol–water partition coefficient (Wildman–Crippen LogP) is 4.48. The molecule has 0 amide bonds. The van der Waals surface area contributed by atoms with Crippen LogP contribution in [0.5, 0.6) is 0 Å². The van der Waals surface area contributed by atoms with Gasteiger partial charge in [-0.2, -0.15) is 0 Å². The summed E-state index contributed by atoms with van der Waals surface area (Å²) in [5.74, 6) is 0.0197. The lowest BCUT2D eigenvalue weighted by Crippen LogP contribution is -1.99. The minimum atomic E-state index is -1.06. The SMILES string of the molecule is O=C(O)c1cc(-c2ccccc2C2CCCCCC2)on1. The average Bonchev–Trinajstić information content (AvgIpc) is 2.84. The van der Waals surface area contributed by atoms with Gasteiger partial charge in [-0.1, -0.05) is 55.1 Å². The van der Waals surface area contributed by atoms with Gasteiger partial charge < -0.3 is 9.63 Å². The zero-order chi connectivity index (χ0) is 14.7. The summed E-state index contributed by atoms with van der Waals surface area (Å²) in [7, 11) is 0. The largest absolute Gasteiger partial charge is 0.476 e. The van der Waals surface area contributed by atoms with Crippen molar-refractivity contribution in [3.05, 3.63) is 41.6 Å². The molecule has 1 fully saturated rings. The van der Waals surface area contributed by atoms with Crippen LogP contribution in [0, 0.1) is 0 Å². The molecule has 1 aromatic carbocycles. The maximum atomic E-state index is 11.0. The Morgan fingerprint density at radius 2 is 1.86 bits per heavy atom. The number of aromatic nitrogens is 1. The van der Waals surface area contributed by atoms with E-state index in [9.17, 15) is 4.79 Å². The van der Waals surface area contributed by atoms with E-state index in [1.807, 2.05) is 18.2 Å². The Morgan fingerprint density at radius 3 is 2.52 bits per heavy atom. The minimum absolute atomic E-state index is 0.0410. The van der Waals surface area contributed by atoms with E-state index in [1.165, 1.54) is 50.2 Å². The fraction of sp³-hybridized carbons (Fsp3) is 0.412. The van der Waals surface area contributed by atoms with Gasteiger partial charge in [0, 0.05) is 11.6 Å². The Morgan fingerprint density at radius 1 is 1.14 bits per heavy atom. The smallest absolute Gasteiger partial charge is 0.358 e. The summed E-state index contributed by atoms with van der Waals surface area (Å²) < 4.78 is 5.24. The molecule has 0 saturated heterocycles. The Balaban J connectivity index is 1.96. The van der Waals surface area contributed by atoms with Gasteiger partial charge in [0.25, 0.3) is 0 Å². The normalized spacial score (nSPS) is 16.6. The number of nitrogens with zero attached hydrogens (tertiary/aromatic N) is 1. The molecule has 4 heteroatoms. The highest BCUT2D eigenvalue weighted by molar-refractivity contribution is 5.86. The summed E-state index contributed by atoms with van der Waals surface area (Å²) in [6.07, 6.45) is 7.52. The third kappa shape index (κ3) is 2.99. The standard InChI is InChI=1S/C17H19NO3/c19-17(20)15-11-16(21-18-15)14-10-6-5-9-13(14)12-7-3-1-2-4-8-12/h5-6,9-12H,1-4,7-8H2,(H,19,20). The molecule has 1 N–H and O–H groups in total. The van der Waals surface area contributed by atoms with Gasteiger partial charge in [0.05, 0.1) is 0 Å². The summed E-state index contributed by atoms with van der Waals surface area (Å²) in [6, 6.07) is 9.63. The van der Waals surface area contributed by atoms with E-state index in [4.69, 9.17) is 9.63 Å². The molecule has 0 spiro atoms. The average molecular weight is 285 g/mol. The Hall–Kier alpha value is -2.10. The lowest BCUT2D eigenvalue weighted by molar-refractivity contribution is 0.0686. The van der Waals surface area contributed by atoms with Crippen LogP contribution in [0.3, 0.4) is 0 Å². The lowest BCUT2D eigenvalue weighted by atomic mass is 9.87. The number of carboxylic acid groups (broad SMARTS) is 1. The quantitative estimate of drug-likeness (QED) is 0.845. The number of hydrogen-bond donors (Lipinski definition) is 1. The fourth-order valence-electron chi connectivity index (χ4n) is 3.17. The van der Waals surface area contributed by atoms with Crippen LogP contribution in [0.1, 0.15) is 60.5 Å². The second-order valence-corrected chi connectivity index (χ2v) is 5.66. The van der Waals surface area contributed by atoms with Gasteiger partial charge in [-0.15, -0.1) is 0 Å². The van der Waals surface area contributed by atoms with Crippen LogP contribution in [0.2, 0.25) is 0 Å². The van der Waals surface area contributed by atoms with Crippen molar-refractivity contribution in [2.45, 2.75) is 44.4 Å². The highest BCUT2D eigenvalue weighted by Gasteiger charge is 2.20. The van der Waals surface area contributed by atoms with Crippen molar-refractivity contribution in [3.8, 4) is 11.3 Å². The number of aromatic carboxylic acids is 1. The number of rotatable bonds is 3. The molecule has 2 aromatic rings. The summed E-state index contributed by atoms with van der Waals surface area (Å²) in [5.41, 5.74) is 2.19. The zero-order valence-corrected chi connectivity index (χ0v) is 11.9. The zero-order valence-electron chi connectivity index (χ0n) is 11.9. The second-order valence-electron chi connectivity index (χ2n) is 5.66. The molecule has 0 aliphatic heterocycles. The molecule has 0 bridgehead atoms. The number of hydrogen-bond acceptors (Lipinski definition) is 3. The first-order valence-electron chi connectivity index (χ1n) is 7.55. The predicted molar refractivity (Wildman–Crippen MR) is 79.3 cm³/mol. The van der Waals surface area contributed by atoms with E-state index in [-0.39, 0.29) is 5.69 Å². The van der Waals surface area contributed by atoms with Crippen LogP contribution >= 0.6 is 0 Å². The van der Waals surface area contributed by atoms with Crippen molar-refractivity contribution in [3.63, 3.8) is 0 Å². The molecule has 0 unspecified atom stereocenters. The first-order valence-corrected chi connectivity index (χ1v) is 7.55. The highest BCUT2D eigenvalue weighted by Crippen LogP contribution is 2.37. The highest BCUT2D eigenvalue weighted by atomic mass is 16.5. The summed E-state index contributed by atoms with van der Waals surface area (Å²) in [6.45, 7) is 0. The van der Waals surface area contributed by atoms with Crippen LogP contribution in [-0.2, 0) is 0 Å². The van der Waals surface area contributed by atoms with Gasteiger partial charge in [-0.25, -0.2) is 4.79 Å². The number of carboxylic acids is 1. The summed E-state index contributed by atoms with van der Waals surface area (Å²) >= 11 is 0. The summed E-state index contributed by atoms with van der Waals surface area (Å²) in [5, 5.41) is 12.6. The molecule has 1 aliphatic carbocycles. The molecule has 21 heavy (non-hydrogen) atoms. The number of carbonyl (C=O) groups is 1. The van der Waals surface area contributed by atoms with Gasteiger partial charge in [0.15, 0.2) is 11.5 Å². The van der Waals surface area contributed by atoms with E-state index in [0.717, 1.165) is 5.56 Å². The van der Waals surface area contributed by atoms with Crippen LogP contribution in [0.15, 0.2) is 34.9 Å². The van der Waals surface area contributed by atoms with Crippen molar-refractivity contribution < 1.29 is 14.4 Å². The van der Waals surface area contributed by atoms with Crippen LogP contribution < -0.4 is 0 Å². The molecule has 1 saturated carbocycles. The van der Waals surface area contributed by atoms with Crippen molar-refractivity contribution in [1.82, 2.24) is 5.16 Å². The first kappa shape index (κ1) is 13.9. The molecule has 110 valence electrons. The van der Waals surface area contributed by atoms with E-state index in [0.29, 0.717) is 11.7 Å². The Labute approximate surface area is 123 Å². The molecule has 1 aromatic heterocycles. The minimum Gasteiger partial charge on any atom is -0.476 e. The van der Waals surface area contributed by atoms with Gasteiger partial charge >= 0.3 is 5.97 Å². The molecule has 0 radical (unpaired) electrons. The molecule has 1 heterocycles. The van der Waals surface area contributed by atoms with Gasteiger partial charge in [-0.05, 0) is 24.3 Å². The van der Waals surface area contributed by atoms with Crippen LogP contribution in [0.25, 0.3) is 11.3 Å². The Kier molecular flexibility index (Phi) is 4.04. The topological polar surface area (TPSA) is 63.3 Å². The molecule has 1 aliphatic rings.